The van der Waals surface area contributed by atoms with E-state index in [0.717, 1.165) is 31.4 Å². The smallest absolute Gasteiger partial charge is 0.151 e. The highest BCUT2D eigenvalue weighted by Crippen LogP contribution is 2.31. The van der Waals surface area contributed by atoms with Crippen LogP contribution in [0.1, 0.15) is 23.1 Å². The van der Waals surface area contributed by atoms with Crippen LogP contribution < -0.4 is 0 Å². The van der Waals surface area contributed by atoms with Gasteiger partial charge in [-0.3, -0.25) is 9.88 Å². The molecule has 1 aromatic heterocycles. The second-order valence-corrected chi connectivity index (χ2v) is 8.74. The number of rotatable bonds is 1. The molecule has 2 aliphatic heterocycles. The zero-order valence-electron chi connectivity index (χ0n) is 12.7. The van der Waals surface area contributed by atoms with Crippen molar-refractivity contribution in [3.05, 3.63) is 41.1 Å². The maximum Gasteiger partial charge on any atom is 0.151 e. The highest BCUT2D eigenvalue weighted by Gasteiger charge is 2.34. The molecule has 0 aliphatic carbocycles. The van der Waals surface area contributed by atoms with Crippen molar-refractivity contribution in [3.63, 3.8) is 0 Å². The molecule has 2 aliphatic rings. The van der Waals surface area contributed by atoms with Crippen molar-refractivity contribution in [1.29, 1.82) is 0 Å². The lowest BCUT2D eigenvalue weighted by Crippen LogP contribution is -2.40. The van der Waals surface area contributed by atoms with Gasteiger partial charge in [-0.25, -0.2) is 8.42 Å². The minimum absolute atomic E-state index is 0.192. The number of hydrogen-bond donors (Lipinski definition) is 0. The molecule has 5 heteroatoms. The Kier molecular flexibility index (Phi) is 3.24. The fourth-order valence-corrected chi connectivity index (χ4v) is 5.65. The second kappa shape index (κ2) is 5.03. The predicted molar refractivity (Wildman–Crippen MR) is 87.7 cm³/mol. The normalized spacial score (nSPS) is 24.5. The van der Waals surface area contributed by atoms with E-state index in [1.54, 1.807) is 0 Å². The van der Waals surface area contributed by atoms with Crippen molar-refractivity contribution in [2.75, 3.05) is 18.1 Å². The summed E-state index contributed by atoms with van der Waals surface area (Å²) in [6.45, 7) is 3.91. The first-order valence-electron chi connectivity index (χ1n) is 7.84. The maximum atomic E-state index is 11.7. The number of pyridine rings is 1. The Labute approximate surface area is 131 Å². The topological polar surface area (TPSA) is 50.3 Å². The van der Waals surface area contributed by atoms with Crippen molar-refractivity contribution >= 4 is 20.7 Å². The van der Waals surface area contributed by atoms with Crippen LogP contribution in [0.5, 0.6) is 0 Å². The second-order valence-electron chi connectivity index (χ2n) is 6.51. The van der Waals surface area contributed by atoms with Crippen LogP contribution in [0, 0.1) is 6.92 Å². The summed E-state index contributed by atoms with van der Waals surface area (Å²) in [4.78, 5) is 6.93. The summed E-state index contributed by atoms with van der Waals surface area (Å²) < 4.78 is 23.4. The van der Waals surface area contributed by atoms with Crippen molar-refractivity contribution in [2.45, 2.75) is 32.4 Å². The van der Waals surface area contributed by atoms with Crippen LogP contribution in [-0.2, 0) is 22.8 Å². The predicted octanol–water partition coefficient (Wildman–Crippen LogP) is 2.09. The van der Waals surface area contributed by atoms with Gasteiger partial charge in [0.2, 0.25) is 0 Å². The van der Waals surface area contributed by atoms with Crippen molar-refractivity contribution in [1.82, 2.24) is 9.88 Å². The van der Waals surface area contributed by atoms with Crippen LogP contribution >= 0.6 is 0 Å². The first-order chi connectivity index (χ1) is 10.5. The van der Waals surface area contributed by atoms with Gasteiger partial charge in [0.1, 0.15) is 0 Å². The van der Waals surface area contributed by atoms with Gasteiger partial charge in [0.15, 0.2) is 9.84 Å². The van der Waals surface area contributed by atoms with Gasteiger partial charge in [-0.15, -0.1) is 0 Å². The maximum absolute atomic E-state index is 11.7. The average Bonchev–Trinajstić information content (AvgIpc) is 2.87. The lowest BCUT2D eigenvalue weighted by Gasteiger charge is -2.33. The molecule has 22 heavy (non-hydrogen) atoms. The summed E-state index contributed by atoms with van der Waals surface area (Å²) in [5, 5.41) is 1.23. The lowest BCUT2D eigenvalue weighted by atomic mass is 9.92. The molecule has 1 unspecified atom stereocenters. The molecule has 0 bridgehead atoms. The number of nitrogens with zero attached hydrogens (tertiary/aromatic N) is 2. The molecular formula is C17H20N2O2S. The summed E-state index contributed by atoms with van der Waals surface area (Å²) in [5.41, 5.74) is 5.04. The highest BCUT2D eigenvalue weighted by atomic mass is 32.2. The first kappa shape index (κ1) is 14.2. The molecule has 116 valence electrons. The molecule has 1 atom stereocenters. The SMILES string of the molecule is Cc1cc2c(c3ncccc13)CCN(C1CCS(=O)(=O)C1)C2. The zero-order chi connectivity index (χ0) is 15.3. The van der Waals surface area contributed by atoms with Gasteiger partial charge in [-0.05, 0) is 42.5 Å². The fourth-order valence-electron chi connectivity index (χ4n) is 3.89. The Morgan fingerprint density at radius 2 is 2.23 bits per heavy atom. The number of hydrogen-bond acceptors (Lipinski definition) is 4. The van der Waals surface area contributed by atoms with Gasteiger partial charge in [0, 0.05) is 30.7 Å². The summed E-state index contributed by atoms with van der Waals surface area (Å²) >= 11 is 0. The van der Waals surface area contributed by atoms with Crippen LogP contribution in [-0.4, -0.2) is 42.4 Å². The number of sulfone groups is 1. The summed E-state index contributed by atoms with van der Waals surface area (Å²) in [6.07, 6.45) is 3.60. The van der Waals surface area contributed by atoms with E-state index in [2.05, 4.69) is 28.9 Å². The third-order valence-electron chi connectivity index (χ3n) is 5.04. The summed E-state index contributed by atoms with van der Waals surface area (Å²) in [5.74, 6) is 0.673. The Morgan fingerprint density at radius 1 is 1.36 bits per heavy atom. The quantitative estimate of drug-likeness (QED) is 0.808. The minimum Gasteiger partial charge on any atom is -0.295 e. The molecule has 0 radical (unpaired) electrons. The average molecular weight is 316 g/mol. The van der Waals surface area contributed by atoms with E-state index >= 15 is 0 Å². The van der Waals surface area contributed by atoms with Crippen LogP contribution in [0.3, 0.4) is 0 Å². The monoisotopic (exact) mass is 316 g/mol. The van der Waals surface area contributed by atoms with E-state index in [1.807, 2.05) is 12.3 Å². The lowest BCUT2D eigenvalue weighted by molar-refractivity contribution is 0.195. The Hall–Kier alpha value is -1.46. The van der Waals surface area contributed by atoms with E-state index in [0.29, 0.717) is 11.5 Å². The van der Waals surface area contributed by atoms with Gasteiger partial charge in [-0.2, -0.15) is 0 Å². The number of aryl methyl sites for hydroxylation is 1. The van der Waals surface area contributed by atoms with Crippen molar-refractivity contribution in [3.8, 4) is 0 Å². The van der Waals surface area contributed by atoms with Crippen LogP contribution in [0.2, 0.25) is 0 Å². The van der Waals surface area contributed by atoms with Gasteiger partial charge >= 0.3 is 0 Å². The van der Waals surface area contributed by atoms with Crippen molar-refractivity contribution < 1.29 is 8.42 Å². The molecule has 1 saturated heterocycles. The van der Waals surface area contributed by atoms with Crippen LogP contribution in [0.4, 0.5) is 0 Å². The Bertz CT molecular complexity index is 845. The molecule has 1 aromatic carbocycles. The van der Waals surface area contributed by atoms with E-state index < -0.39 is 9.84 Å². The molecule has 1 fully saturated rings. The summed E-state index contributed by atoms with van der Waals surface area (Å²) in [6, 6.07) is 6.57. The van der Waals surface area contributed by atoms with E-state index in [-0.39, 0.29) is 6.04 Å². The van der Waals surface area contributed by atoms with Crippen LogP contribution in [0.15, 0.2) is 24.4 Å². The molecule has 0 N–H and O–H groups in total. The van der Waals surface area contributed by atoms with E-state index in [9.17, 15) is 8.42 Å². The molecule has 4 rings (SSSR count). The number of benzene rings is 1. The fraction of sp³-hybridized carbons (Fsp3) is 0.471. The van der Waals surface area contributed by atoms with Gasteiger partial charge in [0.05, 0.1) is 17.0 Å². The van der Waals surface area contributed by atoms with Gasteiger partial charge < -0.3 is 0 Å². The third-order valence-corrected chi connectivity index (χ3v) is 6.79. The summed E-state index contributed by atoms with van der Waals surface area (Å²) in [7, 11) is -2.82. The zero-order valence-corrected chi connectivity index (χ0v) is 13.6. The first-order valence-corrected chi connectivity index (χ1v) is 9.66. The number of fused-ring (bicyclic) bond motifs is 3. The van der Waals surface area contributed by atoms with Gasteiger partial charge in [0.25, 0.3) is 0 Å². The molecule has 0 spiro atoms. The van der Waals surface area contributed by atoms with E-state index in [1.165, 1.54) is 22.1 Å². The highest BCUT2D eigenvalue weighted by molar-refractivity contribution is 7.91. The van der Waals surface area contributed by atoms with Crippen molar-refractivity contribution in [2.24, 2.45) is 0 Å². The van der Waals surface area contributed by atoms with Gasteiger partial charge in [-0.1, -0.05) is 12.1 Å². The largest absolute Gasteiger partial charge is 0.295 e. The molecule has 3 heterocycles. The Morgan fingerprint density at radius 3 is 3.00 bits per heavy atom. The third kappa shape index (κ3) is 2.32. The Balaban J connectivity index is 1.70. The minimum atomic E-state index is -2.82. The standard InChI is InChI=1S/C17H20N2O2S/c1-12-9-13-10-19(14-5-8-22(20,21)11-14)7-4-16(13)17-15(12)3-2-6-18-17/h2-3,6,9,14H,4-5,7-8,10-11H2,1H3. The van der Waals surface area contributed by atoms with E-state index in [4.69, 9.17) is 0 Å². The number of aromatic nitrogens is 1. The van der Waals surface area contributed by atoms with Crippen LogP contribution in [0.25, 0.3) is 10.9 Å². The molecule has 4 nitrogen and oxygen atoms in total. The molecular weight excluding hydrogens is 296 g/mol. The molecule has 2 aromatic rings. The molecule has 0 saturated carbocycles. The molecule has 0 amide bonds.